The summed E-state index contributed by atoms with van der Waals surface area (Å²) in [5.74, 6) is 1.70. The van der Waals surface area contributed by atoms with Crippen molar-refractivity contribution < 1.29 is 17.9 Å². The molecule has 0 spiro atoms. The highest BCUT2D eigenvalue weighted by molar-refractivity contribution is 8.03. The standard InChI is InChI=1S/C10H14O4S2/c11-9(7-8-3-1-4-14-8)10-15(12)5-2-6-16(10)13/h1,3-4,9-11H,2,5-7H2/t9-,10?,15?,16?/m1/s1. The van der Waals surface area contributed by atoms with Crippen molar-refractivity contribution in [3.63, 3.8) is 0 Å². The number of aliphatic hydroxyl groups is 1. The summed E-state index contributed by atoms with van der Waals surface area (Å²) in [6.45, 7) is 0. The summed E-state index contributed by atoms with van der Waals surface area (Å²) in [7, 11) is -2.38. The summed E-state index contributed by atoms with van der Waals surface area (Å²) in [5, 5.41) is 9.94. The van der Waals surface area contributed by atoms with E-state index in [1.807, 2.05) is 0 Å². The Morgan fingerprint density at radius 3 is 2.69 bits per heavy atom. The van der Waals surface area contributed by atoms with Gasteiger partial charge >= 0.3 is 0 Å². The van der Waals surface area contributed by atoms with Gasteiger partial charge in [0, 0.05) is 39.5 Å². The lowest BCUT2D eigenvalue weighted by atomic mass is 10.2. The van der Waals surface area contributed by atoms with Gasteiger partial charge in [0.1, 0.15) is 10.3 Å². The van der Waals surface area contributed by atoms with Crippen LogP contribution in [0.3, 0.4) is 0 Å². The predicted molar refractivity (Wildman–Crippen MR) is 62.8 cm³/mol. The smallest absolute Gasteiger partial charge is 0.136 e. The second-order valence-electron chi connectivity index (χ2n) is 3.74. The summed E-state index contributed by atoms with van der Waals surface area (Å²) < 4.78 is 27.9. The van der Waals surface area contributed by atoms with Crippen molar-refractivity contribution in [1.29, 1.82) is 0 Å². The van der Waals surface area contributed by atoms with E-state index in [1.54, 1.807) is 12.1 Å². The van der Waals surface area contributed by atoms with Crippen LogP contribution in [0.1, 0.15) is 12.2 Å². The molecule has 0 aromatic carbocycles. The molecule has 0 aliphatic carbocycles. The maximum Gasteiger partial charge on any atom is 0.136 e. The second-order valence-corrected chi connectivity index (χ2v) is 7.40. The van der Waals surface area contributed by atoms with Crippen LogP contribution < -0.4 is 0 Å². The zero-order valence-electron chi connectivity index (χ0n) is 8.70. The number of furan rings is 1. The number of rotatable bonds is 3. The van der Waals surface area contributed by atoms with Crippen LogP contribution in [0.2, 0.25) is 0 Å². The first-order valence-corrected chi connectivity index (χ1v) is 7.89. The third kappa shape index (κ3) is 2.61. The molecule has 90 valence electrons. The largest absolute Gasteiger partial charge is 0.469 e. The van der Waals surface area contributed by atoms with Crippen molar-refractivity contribution in [1.82, 2.24) is 0 Å². The zero-order valence-corrected chi connectivity index (χ0v) is 10.3. The van der Waals surface area contributed by atoms with Crippen LogP contribution in [0.4, 0.5) is 0 Å². The number of hydrogen-bond acceptors (Lipinski definition) is 4. The molecule has 1 aliphatic heterocycles. The molecule has 0 bridgehead atoms. The van der Waals surface area contributed by atoms with Crippen LogP contribution in [0.5, 0.6) is 0 Å². The Bertz CT molecular complexity index is 372. The topological polar surface area (TPSA) is 67.5 Å². The molecular formula is C10H14O4S2. The first-order chi connectivity index (χ1) is 7.68. The SMILES string of the molecule is O=S1CCCS(=O)C1[C@H](O)Cc1ccco1. The molecule has 0 amide bonds. The quantitative estimate of drug-likeness (QED) is 0.857. The molecule has 6 heteroatoms. The summed E-state index contributed by atoms with van der Waals surface area (Å²) in [4.78, 5) is 0. The highest BCUT2D eigenvalue weighted by Gasteiger charge is 2.34. The molecule has 4 nitrogen and oxygen atoms in total. The maximum atomic E-state index is 11.7. The first-order valence-electron chi connectivity index (χ1n) is 5.13. The molecule has 0 saturated carbocycles. The normalized spacial score (nSPS) is 32.4. The third-order valence-corrected chi connectivity index (χ3v) is 6.85. The minimum Gasteiger partial charge on any atom is -0.469 e. The molecule has 2 heterocycles. The van der Waals surface area contributed by atoms with Gasteiger partial charge in [0.2, 0.25) is 0 Å². The maximum absolute atomic E-state index is 11.7. The van der Waals surface area contributed by atoms with Crippen molar-refractivity contribution in [3.05, 3.63) is 24.2 Å². The fourth-order valence-electron chi connectivity index (χ4n) is 1.78. The molecule has 2 unspecified atom stereocenters. The van der Waals surface area contributed by atoms with Crippen LogP contribution in [0.25, 0.3) is 0 Å². The zero-order chi connectivity index (χ0) is 11.5. The van der Waals surface area contributed by atoms with Crippen LogP contribution in [0.15, 0.2) is 22.8 Å². The van der Waals surface area contributed by atoms with Gasteiger partial charge in [-0.15, -0.1) is 0 Å². The molecule has 1 aliphatic rings. The Morgan fingerprint density at radius 2 is 2.12 bits per heavy atom. The van der Waals surface area contributed by atoms with Gasteiger partial charge in [0.15, 0.2) is 0 Å². The minimum atomic E-state index is -1.19. The van der Waals surface area contributed by atoms with Gasteiger partial charge in [-0.25, -0.2) is 0 Å². The van der Waals surface area contributed by atoms with Crippen molar-refractivity contribution >= 4 is 21.6 Å². The Morgan fingerprint density at radius 1 is 1.44 bits per heavy atom. The van der Waals surface area contributed by atoms with Gasteiger partial charge in [-0.2, -0.15) is 0 Å². The van der Waals surface area contributed by atoms with Gasteiger partial charge in [-0.3, -0.25) is 8.42 Å². The Kier molecular flexibility index (Phi) is 3.94. The van der Waals surface area contributed by atoms with Gasteiger partial charge in [-0.05, 0) is 18.6 Å². The molecule has 1 aromatic rings. The van der Waals surface area contributed by atoms with Crippen molar-refractivity contribution in [3.8, 4) is 0 Å². The molecule has 3 atom stereocenters. The van der Waals surface area contributed by atoms with Gasteiger partial charge in [0.05, 0.1) is 12.4 Å². The molecule has 1 fully saturated rings. The summed E-state index contributed by atoms with van der Waals surface area (Å²) in [5.41, 5.74) is 0. The van der Waals surface area contributed by atoms with Crippen LogP contribution >= 0.6 is 0 Å². The van der Waals surface area contributed by atoms with E-state index in [2.05, 4.69) is 0 Å². The van der Waals surface area contributed by atoms with Gasteiger partial charge in [0.25, 0.3) is 0 Å². The predicted octanol–water partition coefficient (Wildman–Crippen LogP) is 0.410. The lowest BCUT2D eigenvalue weighted by Crippen LogP contribution is -2.41. The van der Waals surface area contributed by atoms with E-state index in [4.69, 9.17) is 4.42 Å². The number of hydrogen-bond donors (Lipinski definition) is 1. The number of aliphatic hydroxyl groups excluding tert-OH is 1. The first kappa shape index (κ1) is 12.0. The van der Waals surface area contributed by atoms with Crippen molar-refractivity contribution in [2.75, 3.05) is 11.5 Å². The fourth-order valence-corrected chi connectivity index (χ4v) is 5.71. The highest BCUT2D eigenvalue weighted by atomic mass is 32.2. The van der Waals surface area contributed by atoms with Crippen molar-refractivity contribution in [2.45, 2.75) is 23.5 Å². The monoisotopic (exact) mass is 262 g/mol. The van der Waals surface area contributed by atoms with Gasteiger partial charge < -0.3 is 9.52 Å². The average molecular weight is 262 g/mol. The van der Waals surface area contributed by atoms with Crippen LogP contribution in [-0.2, 0) is 28.0 Å². The summed E-state index contributed by atoms with van der Waals surface area (Å²) >= 11 is 0. The molecule has 1 aromatic heterocycles. The van der Waals surface area contributed by atoms with Crippen molar-refractivity contribution in [2.24, 2.45) is 0 Å². The Balaban J connectivity index is 2.05. The molecule has 1 saturated heterocycles. The van der Waals surface area contributed by atoms with Crippen LogP contribution in [-0.4, -0.2) is 35.7 Å². The fraction of sp³-hybridized carbons (Fsp3) is 0.600. The highest BCUT2D eigenvalue weighted by Crippen LogP contribution is 2.19. The van der Waals surface area contributed by atoms with E-state index in [0.717, 1.165) is 0 Å². The van der Waals surface area contributed by atoms with E-state index >= 15 is 0 Å². The lowest BCUT2D eigenvalue weighted by Gasteiger charge is -2.24. The van der Waals surface area contributed by atoms with Crippen LogP contribution in [0, 0.1) is 0 Å². The molecule has 2 rings (SSSR count). The van der Waals surface area contributed by atoms with E-state index in [-0.39, 0.29) is 6.42 Å². The summed E-state index contributed by atoms with van der Waals surface area (Å²) in [6.07, 6.45) is 1.66. The molecule has 16 heavy (non-hydrogen) atoms. The lowest BCUT2D eigenvalue weighted by molar-refractivity contribution is 0.181. The minimum absolute atomic E-state index is 0.273. The van der Waals surface area contributed by atoms with E-state index < -0.39 is 32.3 Å². The van der Waals surface area contributed by atoms with Gasteiger partial charge in [-0.1, -0.05) is 0 Å². The molecular weight excluding hydrogens is 248 g/mol. The Labute approximate surface area is 99.0 Å². The van der Waals surface area contributed by atoms with E-state index in [9.17, 15) is 13.5 Å². The summed E-state index contributed by atoms with van der Waals surface area (Å²) in [6, 6.07) is 3.48. The third-order valence-electron chi connectivity index (χ3n) is 2.51. The Hall–Kier alpha value is -0.460. The average Bonchev–Trinajstić information content (AvgIpc) is 2.70. The van der Waals surface area contributed by atoms with E-state index in [0.29, 0.717) is 23.7 Å². The van der Waals surface area contributed by atoms with E-state index in [1.165, 1.54) is 6.26 Å². The molecule has 1 N–H and O–H groups in total. The second kappa shape index (κ2) is 5.25. The molecule has 0 radical (unpaired) electrons.